The van der Waals surface area contributed by atoms with E-state index in [2.05, 4.69) is 37.4 Å². The van der Waals surface area contributed by atoms with Gasteiger partial charge in [0.25, 0.3) is 5.56 Å². The van der Waals surface area contributed by atoms with Crippen LogP contribution in [0.25, 0.3) is 11.2 Å². The fraction of sp³-hybridized carbons (Fsp3) is 0.579. The number of H-pyrrole nitrogens is 1. The van der Waals surface area contributed by atoms with Crippen molar-refractivity contribution in [1.29, 1.82) is 0 Å². The molecule has 38 heavy (non-hydrogen) atoms. The molecule has 3 heterocycles. The highest BCUT2D eigenvalue weighted by Crippen LogP contribution is 2.39. The molecule has 6 N–H and O–H groups in total. The number of ketones is 1. The Morgan fingerprint density at radius 2 is 2.16 bits per heavy atom. The van der Waals surface area contributed by atoms with Crippen LogP contribution >= 0.6 is 18.5 Å². The monoisotopic (exact) mass is 594 g/mol. The lowest BCUT2D eigenvalue weighted by molar-refractivity contribution is -0.119. The number of aliphatic hydroxyl groups excluding tert-OH is 1. The van der Waals surface area contributed by atoms with Crippen LogP contribution in [0.15, 0.2) is 11.1 Å². The Morgan fingerprint density at radius 3 is 2.87 bits per heavy atom. The number of carbonyl (C=O) groups is 3. The second-order valence-electron chi connectivity index (χ2n) is 8.09. The molecule has 0 radical (unpaired) electrons. The Bertz CT molecular complexity index is 1270. The first kappa shape index (κ1) is 30.1. The van der Waals surface area contributed by atoms with Gasteiger partial charge >= 0.3 is 12.8 Å². The molecular formula is C19H27N6O10PS2. The summed E-state index contributed by atoms with van der Waals surface area (Å²) in [5.41, 5.74) is -0.724. The minimum Gasteiger partial charge on any atom is -0.448 e. The van der Waals surface area contributed by atoms with Crippen molar-refractivity contribution in [2.45, 2.75) is 38.2 Å². The summed E-state index contributed by atoms with van der Waals surface area (Å²) in [7, 11) is 0. The zero-order valence-electron chi connectivity index (χ0n) is 20.1. The molecule has 1 aliphatic heterocycles. The molecule has 2 aromatic rings. The predicted octanol–water partition coefficient (Wildman–Crippen LogP) is -0.629. The van der Waals surface area contributed by atoms with Crippen LogP contribution in [0, 0.1) is 0 Å². The molecule has 3 atom stereocenters. The van der Waals surface area contributed by atoms with E-state index in [0.29, 0.717) is 5.75 Å². The summed E-state index contributed by atoms with van der Waals surface area (Å²) in [5, 5.41) is 15.3. The van der Waals surface area contributed by atoms with Crippen LogP contribution in [-0.2, 0) is 35.4 Å². The zero-order chi connectivity index (χ0) is 27.9. The maximum Gasteiger partial charge on any atom is 0.413 e. The largest absolute Gasteiger partial charge is 0.448 e. The number of ether oxygens (including phenoxy) is 2. The molecule has 1 aliphatic rings. The van der Waals surface area contributed by atoms with Gasteiger partial charge in [-0.25, -0.2) is 9.78 Å². The zero-order valence-corrected chi connectivity index (χ0v) is 22.6. The minimum absolute atomic E-state index is 0.00967. The second kappa shape index (κ2) is 13.6. The lowest BCUT2D eigenvalue weighted by atomic mass is 10.2. The van der Waals surface area contributed by atoms with E-state index in [4.69, 9.17) is 14.0 Å². The maximum absolute atomic E-state index is 12.4. The lowest BCUT2D eigenvalue weighted by Gasteiger charge is -2.17. The van der Waals surface area contributed by atoms with Crippen LogP contribution in [0.2, 0.25) is 0 Å². The molecule has 210 valence electrons. The van der Waals surface area contributed by atoms with Crippen LogP contribution < -0.4 is 16.2 Å². The number of hydrogen-bond acceptors (Lipinski definition) is 12. The summed E-state index contributed by atoms with van der Waals surface area (Å²) in [6, 6.07) is 0. The van der Waals surface area contributed by atoms with Crippen molar-refractivity contribution in [2.75, 3.05) is 36.6 Å². The van der Waals surface area contributed by atoms with Gasteiger partial charge in [-0.15, -0.1) is 11.8 Å². The predicted molar refractivity (Wildman–Crippen MR) is 138 cm³/mol. The minimum atomic E-state index is -3.89. The van der Waals surface area contributed by atoms with Gasteiger partial charge in [-0.2, -0.15) is 4.98 Å². The number of aromatic nitrogens is 4. The molecule has 1 unspecified atom stereocenters. The van der Waals surface area contributed by atoms with Gasteiger partial charge in [0, 0.05) is 25.1 Å². The summed E-state index contributed by atoms with van der Waals surface area (Å²) in [4.78, 5) is 76.0. The molecule has 0 aromatic carbocycles. The number of aromatic amines is 1. The molecule has 0 aliphatic carbocycles. The van der Waals surface area contributed by atoms with Crippen molar-refractivity contribution >= 4 is 65.2 Å². The third kappa shape index (κ3) is 9.09. The standard InChI is InChI=1S/C19H27N6O10PS2/c1-10(26)2-3-20-13(28)8-38-5-4-33-19(30)24-18-22-15-14(16(29)23-18)21-9-25(15)17-12(27)6-11(35-17)7-34-36(31,32)37/h9,11-12,17,27H,2-8H2,1H3,(H,20,28)(H2,31,32,37)(H2,22,23,24,29,30)/t11?,12-,17-/m1/s1. The van der Waals surface area contributed by atoms with Gasteiger partial charge in [0.2, 0.25) is 11.9 Å². The summed E-state index contributed by atoms with van der Waals surface area (Å²) >= 11 is 5.63. The SMILES string of the molecule is CC(=O)CCNC(=O)CSCCOC(=O)Nc1nc2c(ncn2[C@@H]2OC(COP(O)(O)=S)C[C@H]2O)c(=O)[nH]1. The number of Topliss-reactive ketones (excluding diaryl/α,β-unsaturated/α-hetero) is 1. The number of carbonyl (C=O) groups excluding carboxylic acids is 3. The van der Waals surface area contributed by atoms with E-state index in [1.807, 2.05) is 0 Å². The number of hydrogen-bond donors (Lipinski definition) is 6. The molecule has 2 amide bonds. The molecule has 0 saturated carbocycles. The summed E-state index contributed by atoms with van der Waals surface area (Å²) in [6.07, 6.45) is -2.11. The highest BCUT2D eigenvalue weighted by atomic mass is 32.5. The van der Waals surface area contributed by atoms with Crippen molar-refractivity contribution in [3.63, 3.8) is 0 Å². The van der Waals surface area contributed by atoms with Gasteiger partial charge in [-0.05, 0) is 18.7 Å². The number of nitrogens with one attached hydrogen (secondary N) is 3. The van der Waals surface area contributed by atoms with E-state index in [1.54, 1.807) is 0 Å². The smallest absolute Gasteiger partial charge is 0.413 e. The molecule has 1 fully saturated rings. The van der Waals surface area contributed by atoms with Gasteiger partial charge in [-0.1, -0.05) is 0 Å². The lowest BCUT2D eigenvalue weighted by Crippen LogP contribution is -2.27. The van der Waals surface area contributed by atoms with Gasteiger partial charge in [-0.3, -0.25) is 29.3 Å². The Labute approximate surface area is 224 Å². The summed E-state index contributed by atoms with van der Waals surface area (Å²) in [6.45, 7) is -2.47. The van der Waals surface area contributed by atoms with Gasteiger partial charge in [0.05, 0.1) is 24.8 Å². The van der Waals surface area contributed by atoms with Crippen molar-refractivity contribution in [3.05, 3.63) is 16.7 Å². The van der Waals surface area contributed by atoms with E-state index in [-0.39, 0.29) is 67.2 Å². The third-order valence-corrected chi connectivity index (χ3v) is 6.74. The molecule has 0 bridgehead atoms. The van der Waals surface area contributed by atoms with E-state index in [0.717, 1.165) is 0 Å². The van der Waals surface area contributed by atoms with Crippen molar-refractivity contribution in [2.24, 2.45) is 0 Å². The maximum atomic E-state index is 12.4. The van der Waals surface area contributed by atoms with Crippen LogP contribution in [0.1, 0.15) is 26.0 Å². The van der Waals surface area contributed by atoms with E-state index in [1.165, 1.54) is 29.6 Å². The number of imidazole rings is 1. The van der Waals surface area contributed by atoms with Crippen molar-refractivity contribution < 1.29 is 43.3 Å². The average molecular weight is 595 g/mol. The fourth-order valence-corrected chi connectivity index (χ4v) is 4.54. The Morgan fingerprint density at radius 1 is 1.39 bits per heavy atom. The first-order valence-electron chi connectivity index (χ1n) is 11.2. The van der Waals surface area contributed by atoms with Crippen LogP contribution in [0.3, 0.4) is 0 Å². The van der Waals surface area contributed by atoms with Crippen molar-refractivity contribution in [3.8, 4) is 0 Å². The Balaban J connectivity index is 1.52. The molecule has 1 saturated heterocycles. The number of thioether (sulfide) groups is 1. The topological polar surface area (TPSA) is 227 Å². The molecule has 0 spiro atoms. The van der Waals surface area contributed by atoms with Gasteiger partial charge < -0.3 is 34.2 Å². The number of fused-ring (bicyclic) bond motifs is 1. The highest BCUT2D eigenvalue weighted by molar-refractivity contribution is 8.06. The molecule has 19 heteroatoms. The molecule has 16 nitrogen and oxygen atoms in total. The third-order valence-electron chi connectivity index (χ3n) is 5.01. The molecule has 3 rings (SSSR count). The number of amides is 2. The number of rotatable bonds is 13. The van der Waals surface area contributed by atoms with Gasteiger partial charge in [0.15, 0.2) is 17.4 Å². The quantitative estimate of drug-likeness (QED) is 0.125. The van der Waals surface area contributed by atoms with Crippen LogP contribution in [0.5, 0.6) is 0 Å². The summed E-state index contributed by atoms with van der Waals surface area (Å²) < 4.78 is 16.8. The second-order valence-corrected chi connectivity index (χ2v) is 11.9. The van der Waals surface area contributed by atoms with Crippen LogP contribution in [-0.4, -0.2) is 95.7 Å². The van der Waals surface area contributed by atoms with E-state index >= 15 is 0 Å². The summed E-state index contributed by atoms with van der Waals surface area (Å²) in [5.74, 6) is -0.0322. The Hall–Kier alpha value is -2.44. The molecular weight excluding hydrogens is 567 g/mol. The number of nitrogens with zero attached hydrogens (tertiary/aromatic N) is 3. The first-order valence-corrected chi connectivity index (χ1v) is 15.0. The van der Waals surface area contributed by atoms with E-state index < -0.39 is 36.8 Å². The highest BCUT2D eigenvalue weighted by Gasteiger charge is 2.37. The van der Waals surface area contributed by atoms with Gasteiger partial charge in [0.1, 0.15) is 18.5 Å². The fourth-order valence-electron chi connectivity index (χ4n) is 3.36. The van der Waals surface area contributed by atoms with Crippen molar-refractivity contribution in [1.82, 2.24) is 24.8 Å². The van der Waals surface area contributed by atoms with Crippen LogP contribution in [0.4, 0.5) is 10.7 Å². The average Bonchev–Trinajstić information content (AvgIpc) is 3.40. The Kier molecular flexibility index (Phi) is 10.8. The first-order chi connectivity index (χ1) is 17.9. The normalized spacial score (nSPS) is 19.4. The molecule has 2 aromatic heterocycles. The number of anilines is 1. The number of aliphatic hydroxyl groups is 1. The van der Waals surface area contributed by atoms with E-state index in [9.17, 15) is 34.1 Å².